The average molecular weight is 181 g/mol. The molecule has 1 aromatic heterocycles. The predicted octanol–water partition coefficient (Wildman–Crippen LogP) is -0.789. The molecule has 5 nitrogen and oxygen atoms in total. The van der Waals surface area contributed by atoms with E-state index in [1.807, 2.05) is 5.01 Å². The second-order valence-corrected chi connectivity index (χ2v) is 2.83. The lowest BCUT2D eigenvalue weighted by molar-refractivity contribution is 0.110. The van der Waals surface area contributed by atoms with Crippen molar-refractivity contribution >= 4 is 0 Å². The van der Waals surface area contributed by atoms with Crippen LogP contribution >= 0.6 is 0 Å². The van der Waals surface area contributed by atoms with Gasteiger partial charge in [-0.05, 0) is 0 Å². The molecule has 2 heterocycles. The van der Waals surface area contributed by atoms with Gasteiger partial charge in [-0.25, -0.2) is 4.68 Å². The minimum Gasteiger partial charge on any atom is -0.378 e. The van der Waals surface area contributed by atoms with E-state index < -0.39 is 0 Å². The standard InChI is InChI=1S/C8H11N3O2/c12-8-7-9-1-2-11(8)10-3-5-13-6-4-10/h1-2,7H,3-6H2. The molecule has 0 atom stereocenters. The summed E-state index contributed by atoms with van der Waals surface area (Å²) >= 11 is 0. The van der Waals surface area contributed by atoms with E-state index in [2.05, 4.69) is 4.98 Å². The van der Waals surface area contributed by atoms with Crippen LogP contribution in [0, 0.1) is 0 Å². The van der Waals surface area contributed by atoms with Gasteiger partial charge in [-0.15, -0.1) is 0 Å². The number of morpholine rings is 1. The minimum absolute atomic E-state index is 0.0931. The van der Waals surface area contributed by atoms with Crippen LogP contribution in [-0.4, -0.2) is 36.0 Å². The van der Waals surface area contributed by atoms with E-state index in [0.29, 0.717) is 13.2 Å². The van der Waals surface area contributed by atoms with E-state index in [4.69, 9.17) is 4.74 Å². The van der Waals surface area contributed by atoms with Crippen LogP contribution in [0.4, 0.5) is 0 Å². The molecule has 1 aliphatic rings. The monoisotopic (exact) mass is 181 g/mol. The number of aromatic nitrogens is 2. The summed E-state index contributed by atoms with van der Waals surface area (Å²) < 4.78 is 6.77. The number of ether oxygens (including phenoxy) is 1. The molecule has 0 bridgehead atoms. The van der Waals surface area contributed by atoms with Crippen LogP contribution in [0.25, 0.3) is 0 Å². The highest BCUT2D eigenvalue weighted by molar-refractivity contribution is 4.92. The molecule has 5 heteroatoms. The second-order valence-electron chi connectivity index (χ2n) is 2.83. The Hall–Kier alpha value is -1.36. The predicted molar refractivity (Wildman–Crippen MR) is 47.3 cm³/mol. The van der Waals surface area contributed by atoms with Crippen molar-refractivity contribution in [1.29, 1.82) is 0 Å². The highest BCUT2D eigenvalue weighted by atomic mass is 16.5. The van der Waals surface area contributed by atoms with Crippen LogP contribution in [0.2, 0.25) is 0 Å². The Labute approximate surface area is 75.5 Å². The van der Waals surface area contributed by atoms with Gasteiger partial charge in [0.15, 0.2) is 0 Å². The van der Waals surface area contributed by atoms with Crippen LogP contribution in [0.15, 0.2) is 23.4 Å². The summed E-state index contributed by atoms with van der Waals surface area (Å²) in [6, 6.07) is 0. The zero-order valence-corrected chi connectivity index (χ0v) is 7.22. The maximum atomic E-state index is 11.3. The van der Waals surface area contributed by atoms with Crippen LogP contribution in [0.3, 0.4) is 0 Å². The SMILES string of the molecule is O=c1cnccn1N1CCOCC1. The molecule has 0 aromatic carbocycles. The lowest BCUT2D eigenvalue weighted by Gasteiger charge is -2.29. The number of rotatable bonds is 1. The summed E-state index contributed by atoms with van der Waals surface area (Å²) in [6.45, 7) is 2.86. The van der Waals surface area contributed by atoms with Gasteiger partial charge in [0.1, 0.15) is 0 Å². The van der Waals surface area contributed by atoms with Crippen molar-refractivity contribution in [3.05, 3.63) is 28.9 Å². The number of hydrogen-bond acceptors (Lipinski definition) is 4. The highest BCUT2D eigenvalue weighted by Gasteiger charge is 2.10. The molecule has 70 valence electrons. The summed E-state index contributed by atoms with van der Waals surface area (Å²) in [4.78, 5) is 15.1. The van der Waals surface area contributed by atoms with Gasteiger partial charge in [0, 0.05) is 12.4 Å². The van der Waals surface area contributed by atoms with Gasteiger partial charge in [0.2, 0.25) is 0 Å². The first-order valence-corrected chi connectivity index (χ1v) is 4.23. The van der Waals surface area contributed by atoms with Gasteiger partial charge >= 0.3 is 0 Å². The van der Waals surface area contributed by atoms with Crippen molar-refractivity contribution in [2.45, 2.75) is 0 Å². The van der Waals surface area contributed by atoms with Gasteiger partial charge in [-0.3, -0.25) is 9.78 Å². The Morgan fingerprint density at radius 3 is 2.85 bits per heavy atom. The van der Waals surface area contributed by atoms with Crippen LogP contribution in [0.5, 0.6) is 0 Å². The molecule has 2 rings (SSSR count). The normalized spacial score (nSPS) is 17.4. The van der Waals surface area contributed by atoms with Gasteiger partial charge in [0.05, 0.1) is 32.5 Å². The lowest BCUT2D eigenvalue weighted by atomic mass is 10.5. The zero-order chi connectivity index (χ0) is 9.10. The molecule has 0 aliphatic carbocycles. The van der Waals surface area contributed by atoms with Crippen LogP contribution < -0.4 is 10.6 Å². The summed E-state index contributed by atoms with van der Waals surface area (Å²) in [6.07, 6.45) is 4.60. The third kappa shape index (κ3) is 1.70. The third-order valence-corrected chi connectivity index (χ3v) is 2.00. The van der Waals surface area contributed by atoms with E-state index in [0.717, 1.165) is 13.1 Å². The first-order chi connectivity index (χ1) is 6.38. The van der Waals surface area contributed by atoms with Gasteiger partial charge < -0.3 is 9.75 Å². The fourth-order valence-corrected chi connectivity index (χ4v) is 1.34. The minimum atomic E-state index is -0.0931. The molecule has 0 saturated carbocycles. The first-order valence-electron chi connectivity index (χ1n) is 4.23. The molecule has 1 aromatic rings. The quantitative estimate of drug-likeness (QED) is 0.569. The Bertz CT molecular complexity index is 330. The molecule has 1 aliphatic heterocycles. The maximum absolute atomic E-state index is 11.3. The fourth-order valence-electron chi connectivity index (χ4n) is 1.34. The van der Waals surface area contributed by atoms with Gasteiger partial charge in [-0.1, -0.05) is 0 Å². The van der Waals surface area contributed by atoms with Crippen molar-refractivity contribution in [2.24, 2.45) is 0 Å². The van der Waals surface area contributed by atoms with Crippen molar-refractivity contribution < 1.29 is 4.74 Å². The summed E-state index contributed by atoms with van der Waals surface area (Å²) in [5.74, 6) is 0. The third-order valence-electron chi connectivity index (χ3n) is 2.00. The maximum Gasteiger partial charge on any atom is 0.287 e. The fraction of sp³-hybridized carbons (Fsp3) is 0.500. The summed E-state index contributed by atoms with van der Waals surface area (Å²) in [5.41, 5.74) is -0.0931. The molecule has 0 radical (unpaired) electrons. The smallest absolute Gasteiger partial charge is 0.287 e. The number of hydrogen-bond donors (Lipinski definition) is 0. The molecule has 0 spiro atoms. The molecule has 0 N–H and O–H groups in total. The molecular formula is C8H11N3O2. The second kappa shape index (κ2) is 3.57. The molecule has 1 fully saturated rings. The van der Waals surface area contributed by atoms with Crippen LogP contribution in [-0.2, 0) is 4.74 Å². The van der Waals surface area contributed by atoms with E-state index in [1.165, 1.54) is 6.20 Å². The molecule has 1 saturated heterocycles. The van der Waals surface area contributed by atoms with Crippen molar-refractivity contribution in [2.75, 3.05) is 31.3 Å². The molecule has 13 heavy (non-hydrogen) atoms. The van der Waals surface area contributed by atoms with Crippen molar-refractivity contribution in [1.82, 2.24) is 9.66 Å². The van der Waals surface area contributed by atoms with E-state index >= 15 is 0 Å². The molecule has 0 amide bonds. The lowest BCUT2D eigenvalue weighted by Crippen LogP contribution is -2.48. The van der Waals surface area contributed by atoms with Crippen molar-refractivity contribution in [3.63, 3.8) is 0 Å². The highest BCUT2D eigenvalue weighted by Crippen LogP contribution is 1.93. The Morgan fingerprint density at radius 2 is 2.15 bits per heavy atom. The van der Waals surface area contributed by atoms with Gasteiger partial charge in [-0.2, -0.15) is 0 Å². The molecular weight excluding hydrogens is 170 g/mol. The first kappa shape index (κ1) is 8.25. The largest absolute Gasteiger partial charge is 0.378 e. The average Bonchev–Trinajstić information content (AvgIpc) is 2.20. The number of nitrogens with zero attached hydrogens (tertiary/aromatic N) is 3. The zero-order valence-electron chi connectivity index (χ0n) is 7.22. The Morgan fingerprint density at radius 1 is 1.38 bits per heavy atom. The van der Waals surface area contributed by atoms with E-state index in [-0.39, 0.29) is 5.56 Å². The Kier molecular flexibility index (Phi) is 2.27. The van der Waals surface area contributed by atoms with Crippen molar-refractivity contribution in [3.8, 4) is 0 Å². The molecule has 0 unspecified atom stereocenters. The summed E-state index contributed by atoms with van der Waals surface area (Å²) in [5, 5.41) is 1.95. The van der Waals surface area contributed by atoms with E-state index in [9.17, 15) is 4.79 Å². The summed E-state index contributed by atoms with van der Waals surface area (Å²) in [7, 11) is 0. The Balaban J connectivity index is 2.24. The van der Waals surface area contributed by atoms with E-state index in [1.54, 1.807) is 17.1 Å². The van der Waals surface area contributed by atoms with Gasteiger partial charge in [0.25, 0.3) is 5.56 Å². The topological polar surface area (TPSA) is 47.4 Å². The van der Waals surface area contributed by atoms with Crippen LogP contribution in [0.1, 0.15) is 0 Å².